The zero-order chi connectivity index (χ0) is 17.5. The van der Waals surface area contributed by atoms with Gasteiger partial charge in [0, 0.05) is 24.9 Å². The van der Waals surface area contributed by atoms with Gasteiger partial charge in [0.15, 0.2) is 0 Å². The van der Waals surface area contributed by atoms with Gasteiger partial charge in [-0.1, -0.05) is 6.07 Å². The van der Waals surface area contributed by atoms with Crippen LogP contribution in [-0.2, 0) is 6.42 Å². The molecule has 0 saturated heterocycles. The molecule has 6 nitrogen and oxygen atoms in total. The quantitative estimate of drug-likeness (QED) is 0.648. The largest absolute Gasteiger partial charge is 0.350 e. The molecule has 2 aromatic rings. The van der Waals surface area contributed by atoms with Crippen molar-refractivity contribution in [2.24, 2.45) is 5.73 Å². The van der Waals surface area contributed by atoms with E-state index in [1.807, 2.05) is 0 Å². The van der Waals surface area contributed by atoms with Crippen LogP contribution in [0.15, 0.2) is 23.6 Å². The van der Waals surface area contributed by atoms with Crippen LogP contribution in [0.1, 0.15) is 25.9 Å². The van der Waals surface area contributed by atoms with Crippen LogP contribution in [0.25, 0.3) is 0 Å². The van der Waals surface area contributed by atoms with E-state index in [1.54, 1.807) is 5.38 Å². The standard InChI is InChI=1S/C15H16F2N4O2S/c16-9-2-1-3-10(17)13(9)15(23)20-7-6-19-14(22)11-8-24-12(21-11)4-5-18/h1-3,8H,4-7,18H2,(H,19,22)(H,20,23). The van der Waals surface area contributed by atoms with Crippen molar-refractivity contribution in [2.75, 3.05) is 19.6 Å². The van der Waals surface area contributed by atoms with E-state index < -0.39 is 23.1 Å². The zero-order valence-corrected chi connectivity index (χ0v) is 13.5. The molecule has 0 unspecified atom stereocenters. The van der Waals surface area contributed by atoms with Crippen molar-refractivity contribution in [3.05, 3.63) is 51.5 Å². The highest BCUT2D eigenvalue weighted by Gasteiger charge is 2.16. The summed E-state index contributed by atoms with van der Waals surface area (Å²) in [5.41, 5.74) is 5.04. The summed E-state index contributed by atoms with van der Waals surface area (Å²) in [5.74, 6) is -3.14. The number of carbonyl (C=O) groups excluding carboxylic acids is 2. The molecule has 0 radical (unpaired) electrons. The molecule has 1 heterocycles. The van der Waals surface area contributed by atoms with Crippen LogP contribution in [0.4, 0.5) is 8.78 Å². The minimum atomic E-state index is -0.938. The Morgan fingerprint density at radius 3 is 2.38 bits per heavy atom. The molecule has 0 aliphatic heterocycles. The third-order valence-corrected chi connectivity index (χ3v) is 3.94. The number of nitrogens with zero attached hydrogens (tertiary/aromatic N) is 1. The molecule has 0 saturated carbocycles. The van der Waals surface area contributed by atoms with Gasteiger partial charge >= 0.3 is 0 Å². The molecular weight excluding hydrogens is 338 g/mol. The van der Waals surface area contributed by atoms with Crippen molar-refractivity contribution in [1.82, 2.24) is 15.6 Å². The van der Waals surface area contributed by atoms with Gasteiger partial charge in [-0.15, -0.1) is 11.3 Å². The molecule has 1 aromatic heterocycles. The fourth-order valence-corrected chi connectivity index (χ4v) is 2.69. The molecule has 1 aromatic carbocycles. The summed E-state index contributed by atoms with van der Waals surface area (Å²) in [4.78, 5) is 27.7. The molecule has 2 amide bonds. The van der Waals surface area contributed by atoms with E-state index in [0.29, 0.717) is 13.0 Å². The van der Waals surface area contributed by atoms with Gasteiger partial charge in [-0.2, -0.15) is 0 Å². The lowest BCUT2D eigenvalue weighted by molar-refractivity contribution is 0.0921. The first-order chi connectivity index (χ1) is 11.5. The zero-order valence-electron chi connectivity index (χ0n) is 12.6. The Balaban J connectivity index is 1.80. The maximum Gasteiger partial charge on any atom is 0.270 e. The third kappa shape index (κ3) is 4.56. The lowest BCUT2D eigenvalue weighted by atomic mass is 10.2. The predicted octanol–water partition coefficient (Wildman–Crippen LogP) is 1.08. The molecule has 0 atom stereocenters. The Labute approximate surface area is 141 Å². The highest BCUT2D eigenvalue weighted by atomic mass is 32.1. The number of amides is 2. The lowest BCUT2D eigenvalue weighted by Gasteiger charge is -2.07. The van der Waals surface area contributed by atoms with Crippen LogP contribution in [0, 0.1) is 11.6 Å². The summed E-state index contributed by atoms with van der Waals surface area (Å²) in [6, 6.07) is 3.18. The van der Waals surface area contributed by atoms with Gasteiger partial charge in [0.25, 0.3) is 11.8 Å². The third-order valence-electron chi connectivity index (χ3n) is 3.03. The molecule has 24 heavy (non-hydrogen) atoms. The monoisotopic (exact) mass is 354 g/mol. The van der Waals surface area contributed by atoms with Crippen LogP contribution in [0.5, 0.6) is 0 Å². The van der Waals surface area contributed by atoms with Crippen molar-refractivity contribution in [2.45, 2.75) is 6.42 Å². The summed E-state index contributed by atoms with van der Waals surface area (Å²) in [5, 5.41) is 7.30. The Bertz CT molecular complexity index is 716. The minimum absolute atomic E-state index is 0.0259. The van der Waals surface area contributed by atoms with E-state index >= 15 is 0 Å². The first-order valence-corrected chi connectivity index (χ1v) is 8.05. The molecule has 2 rings (SSSR count). The molecule has 128 valence electrons. The Kier molecular flexibility index (Phi) is 6.33. The molecule has 0 aliphatic carbocycles. The van der Waals surface area contributed by atoms with Crippen LogP contribution in [-0.4, -0.2) is 36.4 Å². The number of halogens is 2. The Morgan fingerprint density at radius 2 is 1.75 bits per heavy atom. The van der Waals surface area contributed by atoms with E-state index in [0.717, 1.165) is 17.1 Å². The van der Waals surface area contributed by atoms with Gasteiger partial charge in [-0.25, -0.2) is 13.8 Å². The fraction of sp³-hybridized carbons (Fsp3) is 0.267. The smallest absolute Gasteiger partial charge is 0.270 e. The van der Waals surface area contributed by atoms with E-state index in [1.165, 1.54) is 17.4 Å². The van der Waals surface area contributed by atoms with E-state index in [2.05, 4.69) is 15.6 Å². The van der Waals surface area contributed by atoms with E-state index in [-0.39, 0.29) is 24.7 Å². The average Bonchev–Trinajstić information content (AvgIpc) is 3.00. The van der Waals surface area contributed by atoms with Gasteiger partial charge in [-0.05, 0) is 18.7 Å². The van der Waals surface area contributed by atoms with E-state index in [4.69, 9.17) is 5.73 Å². The first kappa shape index (κ1) is 18.0. The maximum absolute atomic E-state index is 13.4. The second-order valence-corrected chi connectivity index (χ2v) is 5.72. The predicted molar refractivity (Wildman–Crippen MR) is 85.9 cm³/mol. The maximum atomic E-state index is 13.4. The number of rotatable bonds is 7. The van der Waals surface area contributed by atoms with Crippen LogP contribution in [0.2, 0.25) is 0 Å². The number of thiazole rings is 1. The molecule has 0 aliphatic rings. The topological polar surface area (TPSA) is 97.1 Å². The Hall–Kier alpha value is -2.39. The second-order valence-electron chi connectivity index (χ2n) is 4.77. The highest BCUT2D eigenvalue weighted by Crippen LogP contribution is 2.11. The minimum Gasteiger partial charge on any atom is -0.350 e. The molecule has 4 N–H and O–H groups in total. The van der Waals surface area contributed by atoms with Crippen LogP contribution >= 0.6 is 11.3 Å². The van der Waals surface area contributed by atoms with Crippen LogP contribution < -0.4 is 16.4 Å². The summed E-state index contributed by atoms with van der Waals surface area (Å²) >= 11 is 1.34. The van der Waals surface area contributed by atoms with Crippen molar-refractivity contribution in [1.29, 1.82) is 0 Å². The van der Waals surface area contributed by atoms with Gasteiger partial charge in [-0.3, -0.25) is 9.59 Å². The van der Waals surface area contributed by atoms with Crippen LogP contribution in [0.3, 0.4) is 0 Å². The number of benzene rings is 1. The van der Waals surface area contributed by atoms with Crippen molar-refractivity contribution in [3.63, 3.8) is 0 Å². The second kappa shape index (κ2) is 8.46. The normalized spacial score (nSPS) is 10.5. The summed E-state index contributed by atoms with van der Waals surface area (Å²) in [6.45, 7) is 0.579. The van der Waals surface area contributed by atoms with Gasteiger partial charge < -0.3 is 16.4 Å². The lowest BCUT2D eigenvalue weighted by Crippen LogP contribution is -2.35. The van der Waals surface area contributed by atoms with Gasteiger partial charge in [0.1, 0.15) is 22.9 Å². The summed E-state index contributed by atoms with van der Waals surface area (Å²) < 4.78 is 26.9. The van der Waals surface area contributed by atoms with Crippen molar-refractivity contribution < 1.29 is 18.4 Å². The molecular formula is C15H16F2N4O2S. The highest BCUT2D eigenvalue weighted by molar-refractivity contribution is 7.09. The molecule has 0 fully saturated rings. The number of nitrogens with two attached hydrogens (primary N) is 1. The SMILES string of the molecule is NCCc1nc(C(=O)NCCNC(=O)c2c(F)cccc2F)cs1. The number of aromatic nitrogens is 1. The fourth-order valence-electron chi connectivity index (χ4n) is 1.90. The van der Waals surface area contributed by atoms with Gasteiger partial charge in [0.2, 0.25) is 0 Å². The molecule has 0 spiro atoms. The number of hydrogen-bond donors (Lipinski definition) is 3. The summed E-state index contributed by atoms with van der Waals surface area (Å²) in [6.07, 6.45) is 0.599. The average molecular weight is 354 g/mol. The first-order valence-electron chi connectivity index (χ1n) is 7.17. The molecule has 0 bridgehead atoms. The number of hydrogen-bond acceptors (Lipinski definition) is 5. The summed E-state index contributed by atoms with van der Waals surface area (Å²) in [7, 11) is 0. The number of nitrogens with one attached hydrogen (secondary N) is 2. The van der Waals surface area contributed by atoms with Crippen molar-refractivity contribution in [3.8, 4) is 0 Å². The van der Waals surface area contributed by atoms with E-state index in [9.17, 15) is 18.4 Å². The van der Waals surface area contributed by atoms with Crippen molar-refractivity contribution >= 4 is 23.2 Å². The van der Waals surface area contributed by atoms with Gasteiger partial charge in [0.05, 0.1) is 5.01 Å². The number of carbonyl (C=O) groups is 2. The molecule has 9 heteroatoms. The Morgan fingerprint density at radius 1 is 1.12 bits per heavy atom.